The maximum atomic E-state index is 11.1. The number of nitrogens with two attached hydrogens (primary N) is 1. The first-order chi connectivity index (χ1) is 8.45. The van der Waals surface area contributed by atoms with Crippen molar-refractivity contribution in [3.8, 4) is 5.75 Å². The molecule has 0 aliphatic carbocycles. The first kappa shape index (κ1) is 14.8. The minimum atomic E-state index is -0.978. The monoisotopic (exact) mass is 271 g/mol. The Labute approximate surface area is 112 Å². The molecule has 0 spiro atoms. The van der Waals surface area contributed by atoms with Crippen LogP contribution < -0.4 is 10.5 Å². The molecule has 1 aromatic carbocycles. The van der Waals surface area contributed by atoms with Crippen LogP contribution in [0.15, 0.2) is 12.1 Å². The van der Waals surface area contributed by atoms with Gasteiger partial charge in [-0.3, -0.25) is 0 Å². The van der Waals surface area contributed by atoms with Gasteiger partial charge < -0.3 is 15.6 Å². The number of ether oxygens (including phenoxy) is 1. The van der Waals surface area contributed by atoms with Crippen molar-refractivity contribution in [2.45, 2.75) is 32.8 Å². The average molecular weight is 272 g/mol. The number of carboxylic acid groups (broad SMARTS) is 1. The number of carboxylic acids is 1. The van der Waals surface area contributed by atoms with E-state index in [2.05, 4.69) is 0 Å². The summed E-state index contributed by atoms with van der Waals surface area (Å²) >= 11 is 6.04. The molecule has 0 heterocycles. The summed E-state index contributed by atoms with van der Waals surface area (Å²) in [5.41, 5.74) is 7.11. The Balaban J connectivity index is 2.84. The van der Waals surface area contributed by atoms with Crippen LogP contribution in [-0.4, -0.2) is 23.7 Å². The maximum absolute atomic E-state index is 11.1. The average Bonchev–Trinajstić information content (AvgIpc) is 2.30. The van der Waals surface area contributed by atoms with Gasteiger partial charge in [-0.15, -0.1) is 0 Å². The molecule has 0 fully saturated rings. The quantitative estimate of drug-likeness (QED) is 0.834. The molecule has 0 saturated carbocycles. The fraction of sp³-hybridized carbons (Fsp3) is 0.462. The highest BCUT2D eigenvalue weighted by Crippen LogP contribution is 2.26. The third-order valence-corrected chi connectivity index (χ3v) is 3.23. The molecule has 1 aromatic rings. The molecule has 0 aromatic heterocycles. The van der Waals surface area contributed by atoms with E-state index in [0.717, 1.165) is 11.1 Å². The van der Waals surface area contributed by atoms with Gasteiger partial charge in [0.1, 0.15) is 5.75 Å². The summed E-state index contributed by atoms with van der Waals surface area (Å²) in [6, 6.07) is 3.49. The molecule has 0 bridgehead atoms. The lowest BCUT2D eigenvalue weighted by Gasteiger charge is -2.16. The van der Waals surface area contributed by atoms with E-state index in [4.69, 9.17) is 27.2 Å². The second-order valence-electron chi connectivity index (χ2n) is 4.25. The van der Waals surface area contributed by atoms with Crippen LogP contribution in [0.25, 0.3) is 0 Å². The molecule has 18 heavy (non-hydrogen) atoms. The smallest absolute Gasteiger partial charge is 0.344 e. The minimum absolute atomic E-state index is 0.395. The van der Waals surface area contributed by atoms with Crippen LogP contribution in [0.2, 0.25) is 5.02 Å². The third kappa shape index (κ3) is 3.89. The van der Waals surface area contributed by atoms with Crippen LogP contribution in [0, 0.1) is 13.8 Å². The molecule has 4 nitrogen and oxygen atoms in total. The van der Waals surface area contributed by atoms with E-state index < -0.39 is 12.1 Å². The maximum Gasteiger partial charge on any atom is 0.344 e. The van der Waals surface area contributed by atoms with E-state index in [9.17, 15) is 4.79 Å². The first-order valence-electron chi connectivity index (χ1n) is 5.82. The van der Waals surface area contributed by atoms with Crippen LogP contribution in [-0.2, 0) is 4.79 Å². The standard InChI is InChI=1S/C13H18ClNO3/c1-8-6-10(7-9(2)12(8)14)18-11(13(16)17)4-3-5-15/h6-7,11H,3-5,15H2,1-2H3,(H,16,17). The number of hydrogen-bond acceptors (Lipinski definition) is 3. The highest BCUT2D eigenvalue weighted by molar-refractivity contribution is 6.32. The predicted molar refractivity (Wildman–Crippen MR) is 71.3 cm³/mol. The van der Waals surface area contributed by atoms with Gasteiger partial charge in [0.25, 0.3) is 0 Å². The van der Waals surface area contributed by atoms with Gasteiger partial charge in [0.05, 0.1) is 0 Å². The van der Waals surface area contributed by atoms with Crippen molar-refractivity contribution in [3.63, 3.8) is 0 Å². The summed E-state index contributed by atoms with van der Waals surface area (Å²) in [6.07, 6.45) is 0.142. The largest absolute Gasteiger partial charge is 0.479 e. The molecule has 3 N–H and O–H groups in total. The molecule has 100 valence electrons. The van der Waals surface area contributed by atoms with Gasteiger partial charge in [0.2, 0.25) is 0 Å². The van der Waals surface area contributed by atoms with Gasteiger partial charge in [0, 0.05) is 5.02 Å². The number of aliphatic carboxylic acids is 1. The topological polar surface area (TPSA) is 72.5 Å². The number of benzene rings is 1. The van der Waals surface area contributed by atoms with Crippen molar-refractivity contribution < 1.29 is 14.6 Å². The Morgan fingerprint density at radius 3 is 2.44 bits per heavy atom. The zero-order valence-corrected chi connectivity index (χ0v) is 11.3. The Bertz CT molecular complexity index is 411. The molecule has 0 amide bonds. The van der Waals surface area contributed by atoms with Crippen molar-refractivity contribution >= 4 is 17.6 Å². The molecule has 0 saturated heterocycles. The second kappa shape index (κ2) is 6.61. The zero-order chi connectivity index (χ0) is 13.7. The van der Waals surface area contributed by atoms with Gasteiger partial charge in [-0.05, 0) is 56.5 Å². The van der Waals surface area contributed by atoms with E-state index in [1.54, 1.807) is 12.1 Å². The van der Waals surface area contributed by atoms with Crippen LogP contribution in [0.5, 0.6) is 5.75 Å². The van der Waals surface area contributed by atoms with Crippen molar-refractivity contribution in [1.82, 2.24) is 0 Å². The second-order valence-corrected chi connectivity index (χ2v) is 4.62. The Hall–Kier alpha value is -1.26. The molecular formula is C13H18ClNO3. The SMILES string of the molecule is Cc1cc(OC(CCCN)C(=O)O)cc(C)c1Cl. The summed E-state index contributed by atoms with van der Waals surface area (Å²) in [6.45, 7) is 4.17. The van der Waals surface area contributed by atoms with Crippen LogP contribution >= 0.6 is 11.6 Å². The Morgan fingerprint density at radius 1 is 1.44 bits per heavy atom. The van der Waals surface area contributed by atoms with Crippen molar-refractivity contribution in [3.05, 3.63) is 28.3 Å². The number of rotatable bonds is 6. The molecule has 0 aliphatic heterocycles. The summed E-state index contributed by atoms with van der Waals surface area (Å²) in [4.78, 5) is 11.1. The van der Waals surface area contributed by atoms with Gasteiger partial charge in [-0.2, -0.15) is 0 Å². The molecular weight excluding hydrogens is 254 g/mol. The number of aryl methyl sites for hydroxylation is 2. The van der Waals surface area contributed by atoms with Crippen molar-refractivity contribution in [1.29, 1.82) is 0 Å². The zero-order valence-electron chi connectivity index (χ0n) is 10.6. The van der Waals surface area contributed by atoms with Crippen LogP contribution in [0.3, 0.4) is 0 Å². The van der Waals surface area contributed by atoms with E-state index in [1.165, 1.54) is 0 Å². The minimum Gasteiger partial charge on any atom is -0.479 e. The normalized spacial score (nSPS) is 12.2. The summed E-state index contributed by atoms with van der Waals surface area (Å²) < 4.78 is 5.48. The van der Waals surface area contributed by atoms with E-state index in [1.807, 2.05) is 13.8 Å². The summed E-state index contributed by atoms with van der Waals surface area (Å²) in [5, 5.41) is 9.74. The molecule has 0 radical (unpaired) electrons. The molecule has 0 aliphatic rings. The fourth-order valence-corrected chi connectivity index (χ4v) is 1.78. The van der Waals surface area contributed by atoms with Gasteiger partial charge in [-0.1, -0.05) is 11.6 Å². The van der Waals surface area contributed by atoms with Gasteiger partial charge >= 0.3 is 5.97 Å². The summed E-state index contributed by atoms with van der Waals surface area (Å²) in [5.74, 6) is -0.451. The van der Waals surface area contributed by atoms with Gasteiger partial charge in [-0.25, -0.2) is 4.79 Å². The van der Waals surface area contributed by atoms with Crippen LogP contribution in [0.4, 0.5) is 0 Å². The lowest BCUT2D eigenvalue weighted by atomic mass is 10.1. The number of carbonyl (C=O) groups is 1. The van der Waals surface area contributed by atoms with Crippen molar-refractivity contribution in [2.24, 2.45) is 5.73 Å². The van der Waals surface area contributed by atoms with E-state index >= 15 is 0 Å². The molecule has 1 unspecified atom stereocenters. The van der Waals surface area contributed by atoms with E-state index in [-0.39, 0.29) is 0 Å². The van der Waals surface area contributed by atoms with Gasteiger partial charge in [0.15, 0.2) is 6.10 Å². The molecule has 1 rings (SSSR count). The fourth-order valence-electron chi connectivity index (χ4n) is 1.67. The lowest BCUT2D eigenvalue weighted by Crippen LogP contribution is -2.27. The number of hydrogen-bond donors (Lipinski definition) is 2. The Kier molecular flexibility index (Phi) is 5.44. The predicted octanol–water partition coefficient (Wildman–Crippen LogP) is 2.53. The van der Waals surface area contributed by atoms with E-state index in [0.29, 0.717) is 30.2 Å². The summed E-state index contributed by atoms with van der Waals surface area (Å²) in [7, 11) is 0. The highest BCUT2D eigenvalue weighted by atomic mass is 35.5. The molecule has 1 atom stereocenters. The third-order valence-electron chi connectivity index (χ3n) is 2.63. The van der Waals surface area contributed by atoms with Crippen LogP contribution in [0.1, 0.15) is 24.0 Å². The first-order valence-corrected chi connectivity index (χ1v) is 6.19. The van der Waals surface area contributed by atoms with Crippen molar-refractivity contribution in [2.75, 3.05) is 6.54 Å². The molecule has 5 heteroatoms. The number of halogens is 1. The lowest BCUT2D eigenvalue weighted by molar-refractivity contribution is -0.145. The Morgan fingerprint density at radius 2 is 2.00 bits per heavy atom. The highest BCUT2D eigenvalue weighted by Gasteiger charge is 2.19.